The monoisotopic (exact) mass is 448 g/mol. The number of methoxy groups -OCH3 is 1. The molecule has 3 aromatic rings. The summed E-state index contributed by atoms with van der Waals surface area (Å²) in [6.45, 7) is 1.88. The van der Waals surface area contributed by atoms with Gasteiger partial charge in [-0.25, -0.2) is 4.79 Å². The van der Waals surface area contributed by atoms with Crippen LogP contribution in [-0.2, 0) is 16.0 Å². The summed E-state index contributed by atoms with van der Waals surface area (Å²) < 4.78 is 14.9. The Balaban J connectivity index is 1.64. The van der Waals surface area contributed by atoms with Gasteiger partial charge in [0.2, 0.25) is 5.91 Å². The van der Waals surface area contributed by atoms with Crippen molar-refractivity contribution in [2.75, 3.05) is 24.4 Å². The highest BCUT2D eigenvalue weighted by molar-refractivity contribution is 6.07. The summed E-state index contributed by atoms with van der Waals surface area (Å²) in [7, 11) is 1.57. The van der Waals surface area contributed by atoms with Crippen LogP contribution in [0.2, 0.25) is 0 Å². The van der Waals surface area contributed by atoms with Gasteiger partial charge in [0.25, 0.3) is 5.91 Å². The van der Waals surface area contributed by atoms with E-state index in [0.29, 0.717) is 22.7 Å². The molecule has 0 unspecified atom stereocenters. The van der Waals surface area contributed by atoms with Crippen molar-refractivity contribution in [3.63, 3.8) is 0 Å². The number of anilines is 2. The van der Waals surface area contributed by atoms with Gasteiger partial charge in [-0.2, -0.15) is 0 Å². The van der Waals surface area contributed by atoms with Crippen molar-refractivity contribution >= 4 is 29.3 Å². The molecule has 2 amide bonds. The van der Waals surface area contributed by atoms with E-state index in [4.69, 9.17) is 14.2 Å². The molecule has 0 bridgehead atoms. The zero-order valence-corrected chi connectivity index (χ0v) is 18.3. The van der Waals surface area contributed by atoms with Crippen molar-refractivity contribution in [1.29, 1.82) is 0 Å². The quantitative estimate of drug-likeness (QED) is 0.384. The van der Waals surface area contributed by atoms with E-state index < -0.39 is 6.16 Å². The van der Waals surface area contributed by atoms with Gasteiger partial charge in [0.05, 0.1) is 31.5 Å². The van der Waals surface area contributed by atoms with Gasteiger partial charge in [0, 0.05) is 5.56 Å². The van der Waals surface area contributed by atoms with Crippen molar-refractivity contribution < 1.29 is 28.6 Å². The lowest BCUT2D eigenvalue weighted by atomic mass is 10.1. The lowest BCUT2D eigenvalue weighted by Crippen LogP contribution is -2.18. The van der Waals surface area contributed by atoms with Gasteiger partial charge in [-0.15, -0.1) is 0 Å². The second-order valence-electron chi connectivity index (χ2n) is 6.89. The molecule has 8 nitrogen and oxygen atoms in total. The fourth-order valence-corrected chi connectivity index (χ4v) is 2.98. The molecule has 170 valence electrons. The zero-order valence-electron chi connectivity index (χ0n) is 18.3. The Kier molecular flexibility index (Phi) is 8.02. The predicted molar refractivity (Wildman–Crippen MR) is 124 cm³/mol. The van der Waals surface area contributed by atoms with Gasteiger partial charge in [0.1, 0.15) is 11.5 Å². The number of hydrogen-bond donors (Lipinski definition) is 2. The van der Waals surface area contributed by atoms with Crippen molar-refractivity contribution in [3.05, 3.63) is 83.9 Å². The van der Waals surface area contributed by atoms with Gasteiger partial charge in [-0.05, 0) is 61.0 Å². The molecule has 0 saturated carbocycles. The smallest absolute Gasteiger partial charge is 0.497 e. The third-order valence-corrected chi connectivity index (χ3v) is 4.53. The maximum absolute atomic E-state index is 12.7. The molecule has 33 heavy (non-hydrogen) atoms. The molecule has 0 fully saturated rings. The maximum Gasteiger partial charge on any atom is 0.513 e. The first-order valence-electron chi connectivity index (χ1n) is 10.3. The Hall–Kier alpha value is -4.33. The molecular formula is C25H24N2O6. The van der Waals surface area contributed by atoms with Crippen molar-refractivity contribution in [1.82, 2.24) is 0 Å². The summed E-state index contributed by atoms with van der Waals surface area (Å²) in [6, 6.07) is 20.2. The van der Waals surface area contributed by atoms with E-state index in [9.17, 15) is 14.4 Å². The molecule has 0 atom stereocenters. The molecule has 0 heterocycles. The van der Waals surface area contributed by atoms with E-state index in [0.717, 1.165) is 5.56 Å². The first-order valence-corrected chi connectivity index (χ1v) is 10.3. The molecule has 0 saturated heterocycles. The first kappa shape index (κ1) is 23.3. The Bertz CT molecular complexity index is 1130. The topological polar surface area (TPSA) is 103 Å². The van der Waals surface area contributed by atoms with E-state index in [1.807, 2.05) is 18.2 Å². The van der Waals surface area contributed by atoms with Crippen LogP contribution >= 0.6 is 0 Å². The van der Waals surface area contributed by atoms with Crippen molar-refractivity contribution in [3.8, 4) is 11.5 Å². The number of nitrogens with one attached hydrogen (secondary N) is 2. The number of hydrogen-bond acceptors (Lipinski definition) is 6. The average molecular weight is 448 g/mol. The van der Waals surface area contributed by atoms with Crippen LogP contribution in [0.5, 0.6) is 11.5 Å². The number of rotatable bonds is 8. The second-order valence-corrected chi connectivity index (χ2v) is 6.89. The Labute approximate surface area is 191 Å². The lowest BCUT2D eigenvalue weighted by molar-refractivity contribution is -0.115. The van der Waals surface area contributed by atoms with Gasteiger partial charge in [-0.3, -0.25) is 9.59 Å². The predicted octanol–water partition coefficient (Wildman–Crippen LogP) is 4.66. The molecule has 2 N–H and O–H groups in total. The molecular weight excluding hydrogens is 424 g/mol. The number of carbonyl (C=O) groups is 3. The third kappa shape index (κ3) is 6.83. The van der Waals surface area contributed by atoms with Gasteiger partial charge < -0.3 is 24.8 Å². The minimum Gasteiger partial charge on any atom is -0.497 e. The largest absolute Gasteiger partial charge is 0.513 e. The Morgan fingerprint density at radius 1 is 0.818 bits per heavy atom. The van der Waals surface area contributed by atoms with Crippen LogP contribution in [0.25, 0.3) is 0 Å². The number of amides is 2. The SMILES string of the molecule is CCOC(=O)Oc1ccc(C(=O)Nc2ccccc2NC(=O)Cc2cccc(OC)c2)cc1. The zero-order chi connectivity index (χ0) is 23.6. The van der Waals surface area contributed by atoms with E-state index in [1.54, 1.807) is 44.4 Å². The van der Waals surface area contributed by atoms with Crippen LogP contribution < -0.4 is 20.1 Å². The van der Waals surface area contributed by atoms with Gasteiger partial charge >= 0.3 is 6.16 Å². The summed E-state index contributed by atoms with van der Waals surface area (Å²) in [4.78, 5) is 36.6. The minimum absolute atomic E-state index is 0.154. The molecule has 0 aliphatic carbocycles. The Morgan fingerprint density at radius 2 is 1.52 bits per heavy atom. The minimum atomic E-state index is -0.812. The first-order chi connectivity index (χ1) is 16.0. The van der Waals surface area contributed by atoms with Gasteiger partial charge in [-0.1, -0.05) is 24.3 Å². The Morgan fingerprint density at radius 3 is 2.18 bits per heavy atom. The molecule has 0 radical (unpaired) electrons. The fourth-order valence-electron chi connectivity index (χ4n) is 2.98. The van der Waals surface area contributed by atoms with Crippen LogP contribution in [0.4, 0.5) is 16.2 Å². The van der Waals surface area contributed by atoms with Crippen molar-refractivity contribution in [2.24, 2.45) is 0 Å². The van der Waals surface area contributed by atoms with Crippen LogP contribution in [0.3, 0.4) is 0 Å². The summed E-state index contributed by atoms with van der Waals surface area (Å²) in [6.07, 6.45) is -0.658. The molecule has 3 rings (SSSR count). The highest BCUT2D eigenvalue weighted by atomic mass is 16.7. The van der Waals surface area contributed by atoms with Crippen LogP contribution in [0.1, 0.15) is 22.8 Å². The summed E-state index contributed by atoms with van der Waals surface area (Å²) in [5.41, 5.74) is 2.08. The highest BCUT2D eigenvalue weighted by Crippen LogP contribution is 2.23. The number of benzene rings is 3. The lowest BCUT2D eigenvalue weighted by Gasteiger charge is -2.13. The fraction of sp³-hybridized carbons (Fsp3) is 0.160. The number of para-hydroxylation sites is 2. The van der Waals surface area contributed by atoms with Gasteiger partial charge in [0.15, 0.2) is 0 Å². The maximum atomic E-state index is 12.7. The standard InChI is InChI=1S/C25H24N2O6/c1-3-32-25(30)33-19-13-11-18(12-14-19)24(29)27-22-10-5-4-9-21(22)26-23(28)16-17-7-6-8-20(15-17)31-2/h4-15H,3,16H2,1-2H3,(H,26,28)(H,27,29). The van der Waals surface area contributed by atoms with E-state index in [2.05, 4.69) is 10.6 Å². The van der Waals surface area contributed by atoms with Crippen LogP contribution in [0, 0.1) is 0 Å². The van der Waals surface area contributed by atoms with E-state index in [1.165, 1.54) is 24.3 Å². The average Bonchev–Trinajstić information content (AvgIpc) is 2.81. The van der Waals surface area contributed by atoms with Crippen molar-refractivity contribution in [2.45, 2.75) is 13.3 Å². The summed E-state index contributed by atoms with van der Waals surface area (Å²) in [5, 5.41) is 5.62. The van der Waals surface area contributed by atoms with Crippen LogP contribution in [-0.4, -0.2) is 31.7 Å². The number of ether oxygens (including phenoxy) is 3. The third-order valence-electron chi connectivity index (χ3n) is 4.53. The molecule has 0 aliphatic rings. The number of carbonyl (C=O) groups excluding carboxylic acids is 3. The molecule has 3 aromatic carbocycles. The van der Waals surface area contributed by atoms with Crippen LogP contribution in [0.15, 0.2) is 72.8 Å². The molecule has 0 aromatic heterocycles. The second kappa shape index (κ2) is 11.3. The molecule has 0 aliphatic heterocycles. The molecule has 8 heteroatoms. The highest BCUT2D eigenvalue weighted by Gasteiger charge is 2.13. The van der Waals surface area contributed by atoms with E-state index in [-0.39, 0.29) is 30.6 Å². The van der Waals surface area contributed by atoms with E-state index >= 15 is 0 Å². The summed E-state index contributed by atoms with van der Waals surface area (Å²) >= 11 is 0. The molecule has 0 spiro atoms. The summed E-state index contributed by atoms with van der Waals surface area (Å²) in [5.74, 6) is 0.319. The normalized spacial score (nSPS) is 10.1.